The second-order valence-corrected chi connectivity index (χ2v) is 3.92. The molecule has 1 aromatic carbocycles. The van der Waals surface area contributed by atoms with Crippen LogP contribution in [0.5, 0.6) is 11.5 Å². The van der Waals surface area contributed by atoms with E-state index in [1.54, 1.807) is 19.2 Å². The third-order valence-electron chi connectivity index (χ3n) is 2.55. The van der Waals surface area contributed by atoms with Crippen LogP contribution in [0.25, 0.3) is 0 Å². The van der Waals surface area contributed by atoms with E-state index in [1.165, 1.54) is 7.11 Å². The molecule has 0 saturated heterocycles. The van der Waals surface area contributed by atoms with E-state index in [1.807, 2.05) is 13.8 Å². The summed E-state index contributed by atoms with van der Waals surface area (Å²) < 4.78 is 10.4. The molecule has 0 heterocycles. The van der Waals surface area contributed by atoms with Gasteiger partial charge in [-0.15, -0.1) is 0 Å². The summed E-state index contributed by atoms with van der Waals surface area (Å²) in [5, 5.41) is 0. The van der Waals surface area contributed by atoms with Crippen molar-refractivity contribution in [3.8, 4) is 11.5 Å². The first-order chi connectivity index (χ1) is 8.04. The van der Waals surface area contributed by atoms with Crippen molar-refractivity contribution < 1.29 is 14.3 Å². The Balaban J connectivity index is 3.39. The van der Waals surface area contributed by atoms with Crippen LogP contribution in [0.1, 0.15) is 35.7 Å². The lowest BCUT2D eigenvalue weighted by atomic mass is 9.98. The van der Waals surface area contributed by atoms with E-state index in [9.17, 15) is 4.79 Å². The van der Waals surface area contributed by atoms with E-state index < -0.39 is 0 Å². The zero-order chi connectivity index (χ0) is 13.0. The molecule has 0 fully saturated rings. The minimum atomic E-state index is -0.383. The van der Waals surface area contributed by atoms with Crippen LogP contribution in [0.4, 0.5) is 0 Å². The molecule has 5 heteroatoms. The average Bonchev–Trinajstić information content (AvgIpc) is 2.35. The number of rotatable bonds is 4. The number of amides is 1. The molecule has 0 aromatic heterocycles. The molecule has 0 aliphatic heterocycles. The predicted molar refractivity (Wildman–Crippen MR) is 65.3 cm³/mol. The van der Waals surface area contributed by atoms with Crippen LogP contribution in [0, 0.1) is 0 Å². The zero-order valence-corrected chi connectivity index (χ0v) is 10.5. The van der Waals surface area contributed by atoms with Crippen molar-refractivity contribution in [3.05, 3.63) is 23.3 Å². The van der Waals surface area contributed by atoms with E-state index in [4.69, 9.17) is 15.3 Å². The summed E-state index contributed by atoms with van der Waals surface area (Å²) in [5.74, 6) is 6.13. The maximum absolute atomic E-state index is 11.6. The molecule has 5 nitrogen and oxygen atoms in total. The van der Waals surface area contributed by atoms with Crippen LogP contribution >= 0.6 is 0 Å². The Morgan fingerprint density at radius 2 is 1.82 bits per heavy atom. The van der Waals surface area contributed by atoms with Gasteiger partial charge in [0.1, 0.15) is 11.5 Å². The van der Waals surface area contributed by atoms with Crippen LogP contribution in [-0.2, 0) is 0 Å². The van der Waals surface area contributed by atoms with E-state index in [2.05, 4.69) is 5.43 Å². The number of hydrogen-bond donors (Lipinski definition) is 2. The van der Waals surface area contributed by atoms with Gasteiger partial charge in [0.05, 0.1) is 19.8 Å². The molecule has 17 heavy (non-hydrogen) atoms. The molecule has 1 aromatic rings. The molecule has 3 N–H and O–H groups in total. The van der Waals surface area contributed by atoms with E-state index >= 15 is 0 Å². The minimum absolute atomic E-state index is 0.236. The molecule has 0 unspecified atom stereocenters. The second kappa shape index (κ2) is 5.54. The molecule has 0 spiro atoms. The summed E-state index contributed by atoms with van der Waals surface area (Å²) in [6.45, 7) is 4.04. The van der Waals surface area contributed by atoms with Gasteiger partial charge in [0.15, 0.2) is 0 Å². The molecular formula is C12H18N2O3. The number of ether oxygens (including phenoxy) is 2. The Labute approximate surface area is 101 Å². The third kappa shape index (κ3) is 2.68. The Morgan fingerprint density at radius 1 is 1.24 bits per heavy atom. The highest BCUT2D eigenvalue weighted by atomic mass is 16.5. The SMILES string of the molecule is COc1cc(OC)c(C(C)C)cc1C(=O)NN. The Hall–Kier alpha value is -1.75. The predicted octanol–water partition coefficient (Wildman–Crippen LogP) is 1.43. The molecule has 94 valence electrons. The highest BCUT2D eigenvalue weighted by Crippen LogP contribution is 2.33. The van der Waals surface area contributed by atoms with Crippen LogP contribution in [0.2, 0.25) is 0 Å². The first-order valence-corrected chi connectivity index (χ1v) is 5.32. The number of hydrogen-bond acceptors (Lipinski definition) is 4. The zero-order valence-electron chi connectivity index (χ0n) is 10.5. The fourth-order valence-corrected chi connectivity index (χ4v) is 1.63. The number of methoxy groups -OCH3 is 2. The number of nitrogens with two attached hydrogens (primary N) is 1. The van der Waals surface area contributed by atoms with Gasteiger partial charge in [0.2, 0.25) is 0 Å². The standard InChI is InChI=1S/C12H18N2O3/c1-7(2)8-5-9(12(15)14-13)11(17-4)6-10(8)16-3/h5-7H,13H2,1-4H3,(H,14,15). The minimum Gasteiger partial charge on any atom is -0.496 e. The number of nitrogens with one attached hydrogen (secondary N) is 1. The van der Waals surface area contributed by atoms with Crippen LogP contribution in [-0.4, -0.2) is 20.1 Å². The Bertz CT molecular complexity index is 416. The Morgan fingerprint density at radius 3 is 2.24 bits per heavy atom. The van der Waals surface area contributed by atoms with Gasteiger partial charge in [0.25, 0.3) is 5.91 Å². The lowest BCUT2D eigenvalue weighted by Gasteiger charge is -2.16. The summed E-state index contributed by atoms with van der Waals surface area (Å²) in [6.07, 6.45) is 0. The van der Waals surface area contributed by atoms with Gasteiger partial charge in [-0.25, -0.2) is 5.84 Å². The molecule has 1 rings (SSSR count). The van der Waals surface area contributed by atoms with Gasteiger partial charge in [-0.3, -0.25) is 10.2 Å². The monoisotopic (exact) mass is 238 g/mol. The lowest BCUT2D eigenvalue weighted by molar-refractivity contribution is 0.0950. The summed E-state index contributed by atoms with van der Waals surface area (Å²) in [7, 11) is 3.08. The summed E-state index contributed by atoms with van der Waals surface area (Å²) >= 11 is 0. The Kier molecular flexibility index (Phi) is 4.34. The van der Waals surface area contributed by atoms with Crippen molar-refractivity contribution in [2.75, 3.05) is 14.2 Å². The van der Waals surface area contributed by atoms with Crippen molar-refractivity contribution in [2.45, 2.75) is 19.8 Å². The molecule has 0 saturated carbocycles. The average molecular weight is 238 g/mol. The molecule has 0 radical (unpaired) electrons. The number of hydrazine groups is 1. The van der Waals surface area contributed by atoms with Crippen LogP contribution < -0.4 is 20.7 Å². The number of nitrogen functional groups attached to an aromatic ring is 1. The van der Waals surface area contributed by atoms with Crippen LogP contribution in [0.15, 0.2) is 12.1 Å². The summed E-state index contributed by atoms with van der Waals surface area (Å²) in [6, 6.07) is 3.43. The van der Waals surface area contributed by atoms with Crippen molar-refractivity contribution in [2.24, 2.45) is 5.84 Å². The van der Waals surface area contributed by atoms with Gasteiger partial charge in [-0.1, -0.05) is 13.8 Å². The second-order valence-electron chi connectivity index (χ2n) is 3.92. The van der Waals surface area contributed by atoms with Gasteiger partial charge in [-0.2, -0.15) is 0 Å². The summed E-state index contributed by atoms with van der Waals surface area (Å²) in [4.78, 5) is 11.6. The van der Waals surface area contributed by atoms with Crippen molar-refractivity contribution in [1.82, 2.24) is 5.43 Å². The highest BCUT2D eigenvalue weighted by molar-refractivity contribution is 5.97. The molecule has 0 aliphatic carbocycles. The van der Waals surface area contributed by atoms with Crippen molar-refractivity contribution in [1.29, 1.82) is 0 Å². The van der Waals surface area contributed by atoms with E-state index in [-0.39, 0.29) is 11.8 Å². The quantitative estimate of drug-likeness (QED) is 0.473. The smallest absolute Gasteiger partial charge is 0.268 e. The lowest BCUT2D eigenvalue weighted by Crippen LogP contribution is -2.30. The highest BCUT2D eigenvalue weighted by Gasteiger charge is 2.17. The first kappa shape index (κ1) is 13.3. The van der Waals surface area contributed by atoms with Crippen molar-refractivity contribution >= 4 is 5.91 Å². The number of benzene rings is 1. The van der Waals surface area contributed by atoms with Gasteiger partial charge in [-0.05, 0) is 17.5 Å². The van der Waals surface area contributed by atoms with Crippen molar-refractivity contribution in [3.63, 3.8) is 0 Å². The van der Waals surface area contributed by atoms with Gasteiger partial charge < -0.3 is 9.47 Å². The third-order valence-corrected chi connectivity index (χ3v) is 2.55. The largest absolute Gasteiger partial charge is 0.496 e. The van der Waals surface area contributed by atoms with E-state index in [0.29, 0.717) is 17.1 Å². The molecular weight excluding hydrogens is 220 g/mol. The fourth-order valence-electron chi connectivity index (χ4n) is 1.63. The normalized spacial score (nSPS) is 10.2. The van der Waals surface area contributed by atoms with Gasteiger partial charge in [0, 0.05) is 6.07 Å². The molecule has 0 aliphatic rings. The number of carbonyl (C=O) groups is 1. The molecule has 1 amide bonds. The van der Waals surface area contributed by atoms with Crippen LogP contribution in [0.3, 0.4) is 0 Å². The van der Waals surface area contributed by atoms with E-state index in [0.717, 1.165) is 5.56 Å². The topological polar surface area (TPSA) is 73.6 Å². The maximum atomic E-state index is 11.6. The fraction of sp³-hybridized carbons (Fsp3) is 0.417. The maximum Gasteiger partial charge on any atom is 0.268 e. The molecule has 0 atom stereocenters. The summed E-state index contributed by atoms with van der Waals surface area (Å²) in [5.41, 5.74) is 3.44. The first-order valence-electron chi connectivity index (χ1n) is 5.32. The number of carbonyl (C=O) groups excluding carboxylic acids is 1. The van der Waals surface area contributed by atoms with Gasteiger partial charge >= 0.3 is 0 Å². The molecule has 0 bridgehead atoms.